The van der Waals surface area contributed by atoms with Crippen molar-refractivity contribution >= 4 is 21.7 Å². The third-order valence-electron chi connectivity index (χ3n) is 3.43. The Labute approximate surface area is 118 Å². The van der Waals surface area contributed by atoms with Crippen molar-refractivity contribution in [2.45, 2.75) is 45.7 Å². The first-order chi connectivity index (χ1) is 8.58. The van der Waals surface area contributed by atoms with Gasteiger partial charge in [0.05, 0.1) is 4.47 Å². The van der Waals surface area contributed by atoms with E-state index in [0.717, 1.165) is 23.4 Å². The summed E-state index contributed by atoms with van der Waals surface area (Å²) in [6.07, 6.45) is 4.50. The highest BCUT2D eigenvalue weighted by molar-refractivity contribution is 9.10. The van der Waals surface area contributed by atoms with Gasteiger partial charge < -0.3 is 10.2 Å². The van der Waals surface area contributed by atoms with E-state index < -0.39 is 0 Å². The van der Waals surface area contributed by atoms with Crippen molar-refractivity contribution in [1.82, 2.24) is 10.3 Å². The quantitative estimate of drug-likeness (QED) is 0.926. The summed E-state index contributed by atoms with van der Waals surface area (Å²) in [7, 11) is 0. The highest BCUT2D eigenvalue weighted by Gasteiger charge is 2.22. The van der Waals surface area contributed by atoms with Crippen LogP contribution in [0.4, 0.5) is 5.82 Å². The number of aryl methyl sites for hydroxylation is 1. The van der Waals surface area contributed by atoms with Gasteiger partial charge in [-0.3, -0.25) is 0 Å². The fourth-order valence-corrected chi connectivity index (χ4v) is 3.12. The van der Waals surface area contributed by atoms with Gasteiger partial charge in [0, 0.05) is 24.8 Å². The average molecular weight is 312 g/mol. The van der Waals surface area contributed by atoms with Crippen molar-refractivity contribution in [1.29, 1.82) is 0 Å². The molecule has 1 aliphatic heterocycles. The molecule has 0 aliphatic carbocycles. The maximum Gasteiger partial charge on any atom is 0.143 e. The number of nitrogens with one attached hydrogen (secondary N) is 1. The molecule has 0 aromatic carbocycles. The van der Waals surface area contributed by atoms with E-state index in [0.29, 0.717) is 12.1 Å². The lowest BCUT2D eigenvalue weighted by molar-refractivity contribution is 0.548. The van der Waals surface area contributed by atoms with Crippen molar-refractivity contribution in [3.8, 4) is 0 Å². The Balaban J connectivity index is 2.17. The number of rotatable bonds is 4. The zero-order chi connectivity index (χ0) is 13.1. The van der Waals surface area contributed by atoms with Gasteiger partial charge in [0.2, 0.25) is 0 Å². The molecule has 1 aliphatic rings. The Morgan fingerprint density at radius 3 is 2.89 bits per heavy atom. The molecule has 1 saturated heterocycles. The average Bonchev–Trinajstić information content (AvgIpc) is 2.79. The Morgan fingerprint density at radius 1 is 1.56 bits per heavy atom. The highest BCUT2D eigenvalue weighted by Crippen LogP contribution is 2.26. The summed E-state index contributed by atoms with van der Waals surface area (Å²) in [5.74, 6) is 1.06. The molecule has 1 aromatic heterocycles. The van der Waals surface area contributed by atoms with Crippen molar-refractivity contribution in [3.63, 3.8) is 0 Å². The topological polar surface area (TPSA) is 28.2 Å². The standard InChI is InChI=1S/C14H22BrN3/c1-10(2)18(9-12-5-4-6-16-12)14-13(15)7-11(3)8-17-14/h7-8,10,12,16H,4-6,9H2,1-3H3. The van der Waals surface area contributed by atoms with Gasteiger partial charge in [-0.25, -0.2) is 4.98 Å². The summed E-state index contributed by atoms with van der Waals surface area (Å²) in [6, 6.07) is 3.20. The third kappa shape index (κ3) is 3.23. The zero-order valence-corrected chi connectivity index (χ0v) is 13.0. The van der Waals surface area contributed by atoms with Gasteiger partial charge >= 0.3 is 0 Å². The first-order valence-electron chi connectivity index (χ1n) is 6.70. The van der Waals surface area contributed by atoms with Crippen LogP contribution in [0.1, 0.15) is 32.3 Å². The van der Waals surface area contributed by atoms with Crippen molar-refractivity contribution in [2.24, 2.45) is 0 Å². The second-order valence-corrected chi connectivity index (χ2v) is 6.21. The molecule has 1 fully saturated rings. The number of nitrogens with zero attached hydrogens (tertiary/aromatic N) is 2. The van der Waals surface area contributed by atoms with Gasteiger partial charge in [-0.15, -0.1) is 0 Å². The molecule has 1 aromatic rings. The van der Waals surface area contributed by atoms with Crippen LogP contribution in [0.2, 0.25) is 0 Å². The van der Waals surface area contributed by atoms with Crippen molar-refractivity contribution < 1.29 is 0 Å². The van der Waals surface area contributed by atoms with Crippen LogP contribution in [0.15, 0.2) is 16.7 Å². The molecule has 0 amide bonds. The van der Waals surface area contributed by atoms with Crippen molar-refractivity contribution in [3.05, 3.63) is 22.3 Å². The van der Waals surface area contributed by atoms with Crippen LogP contribution >= 0.6 is 15.9 Å². The number of hydrogen-bond donors (Lipinski definition) is 1. The lowest BCUT2D eigenvalue weighted by Gasteiger charge is -2.31. The fraction of sp³-hybridized carbons (Fsp3) is 0.643. The normalized spacial score (nSPS) is 19.5. The molecular weight excluding hydrogens is 290 g/mol. The summed E-state index contributed by atoms with van der Waals surface area (Å²) >= 11 is 3.64. The first kappa shape index (κ1) is 13.8. The molecule has 100 valence electrons. The van der Waals surface area contributed by atoms with E-state index in [1.165, 1.54) is 18.4 Å². The van der Waals surface area contributed by atoms with Crippen LogP contribution in [0.3, 0.4) is 0 Å². The molecule has 0 bridgehead atoms. The minimum Gasteiger partial charge on any atom is -0.352 e. The van der Waals surface area contributed by atoms with Crippen LogP contribution in [-0.2, 0) is 0 Å². The van der Waals surface area contributed by atoms with E-state index in [1.54, 1.807) is 0 Å². The van der Waals surface area contributed by atoms with E-state index in [4.69, 9.17) is 0 Å². The van der Waals surface area contributed by atoms with E-state index in [-0.39, 0.29) is 0 Å². The lowest BCUT2D eigenvalue weighted by Crippen LogP contribution is -2.42. The molecule has 1 N–H and O–H groups in total. The van der Waals surface area contributed by atoms with Crippen molar-refractivity contribution in [2.75, 3.05) is 18.0 Å². The molecule has 0 spiro atoms. The number of aromatic nitrogens is 1. The molecule has 1 atom stereocenters. The van der Waals surface area contributed by atoms with Crippen LogP contribution in [0.25, 0.3) is 0 Å². The second-order valence-electron chi connectivity index (χ2n) is 5.36. The smallest absolute Gasteiger partial charge is 0.143 e. The van der Waals surface area contributed by atoms with Crippen LogP contribution in [0, 0.1) is 6.92 Å². The third-order valence-corrected chi connectivity index (χ3v) is 4.02. The van der Waals surface area contributed by atoms with E-state index in [2.05, 4.69) is 58.0 Å². The number of halogens is 1. The minimum absolute atomic E-state index is 0.457. The van der Waals surface area contributed by atoms with Gasteiger partial charge in [0.1, 0.15) is 5.82 Å². The summed E-state index contributed by atoms with van der Waals surface area (Å²) in [5, 5.41) is 3.56. The Hall–Kier alpha value is -0.610. The van der Waals surface area contributed by atoms with E-state index >= 15 is 0 Å². The van der Waals surface area contributed by atoms with E-state index in [1.807, 2.05) is 6.20 Å². The molecule has 1 unspecified atom stereocenters. The lowest BCUT2D eigenvalue weighted by atomic mass is 10.2. The fourth-order valence-electron chi connectivity index (χ4n) is 2.43. The largest absolute Gasteiger partial charge is 0.352 e. The maximum absolute atomic E-state index is 4.59. The molecule has 0 radical (unpaired) electrons. The molecule has 2 heterocycles. The van der Waals surface area contributed by atoms with Gasteiger partial charge in [-0.2, -0.15) is 0 Å². The minimum atomic E-state index is 0.457. The molecule has 2 rings (SSSR count). The monoisotopic (exact) mass is 311 g/mol. The number of anilines is 1. The van der Waals surface area contributed by atoms with Gasteiger partial charge in [-0.05, 0) is 67.7 Å². The predicted molar refractivity (Wildman–Crippen MR) is 80.2 cm³/mol. The van der Waals surface area contributed by atoms with Gasteiger partial charge in [-0.1, -0.05) is 0 Å². The molecule has 18 heavy (non-hydrogen) atoms. The zero-order valence-electron chi connectivity index (χ0n) is 11.4. The first-order valence-corrected chi connectivity index (χ1v) is 7.49. The second kappa shape index (κ2) is 6.02. The highest BCUT2D eigenvalue weighted by atomic mass is 79.9. The maximum atomic E-state index is 4.59. The van der Waals surface area contributed by atoms with Gasteiger partial charge in [0.25, 0.3) is 0 Å². The predicted octanol–water partition coefficient (Wildman–Crippen LogP) is 3.12. The summed E-state index contributed by atoms with van der Waals surface area (Å²) in [6.45, 7) is 8.71. The van der Waals surface area contributed by atoms with Crippen LogP contribution in [-0.4, -0.2) is 30.2 Å². The number of hydrogen-bond acceptors (Lipinski definition) is 3. The molecule has 0 saturated carbocycles. The van der Waals surface area contributed by atoms with Crippen LogP contribution in [0.5, 0.6) is 0 Å². The number of pyridine rings is 1. The summed E-state index contributed by atoms with van der Waals surface area (Å²) < 4.78 is 1.09. The Morgan fingerprint density at radius 2 is 2.33 bits per heavy atom. The molecular formula is C14H22BrN3. The molecule has 3 nitrogen and oxygen atoms in total. The Kier molecular flexibility index (Phi) is 4.62. The summed E-state index contributed by atoms with van der Waals surface area (Å²) in [4.78, 5) is 6.97. The SMILES string of the molecule is Cc1cnc(N(CC2CCCN2)C(C)C)c(Br)c1. The van der Waals surface area contributed by atoms with E-state index in [9.17, 15) is 0 Å². The summed E-state index contributed by atoms with van der Waals surface area (Å²) in [5.41, 5.74) is 1.19. The Bertz CT molecular complexity index is 400. The van der Waals surface area contributed by atoms with Gasteiger partial charge in [0.15, 0.2) is 0 Å². The molecule has 4 heteroatoms. The van der Waals surface area contributed by atoms with Crippen LogP contribution < -0.4 is 10.2 Å².